The Morgan fingerprint density at radius 3 is 1.68 bits per heavy atom. The molecule has 0 saturated carbocycles. The van der Waals surface area contributed by atoms with Gasteiger partial charge in [0, 0.05) is 0 Å². The molecule has 0 aliphatic rings. The van der Waals surface area contributed by atoms with E-state index in [2.05, 4.69) is 45.4 Å². The van der Waals surface area contributed by atoms with Gasteiger partial charge < -0.3 is 10.2 Å². The molecule has 122 valence electrons. The first-order valence-corrected chi connectivity index (χ1v) is 8.04. The van der Waals surface area contributed by atoms with E-state index in [1.807, 2.05) is 0 Å². The molecule has 22 heavy (non-hydrogen) atoms. The van der Waals surface area contributed by atoms with Crippen LogP contribution in [0.5, 0.6) is 0 Å². The first-order valence-electron chi connectivity index (χ1n) is 8.04. The molecular weight excluding hydrogens is 286 g/mol. The van der Waals surface area contributed by atoms with Crippen LogP contribution in [0.3, 0.4) is 0 Å². The van der Waals surface area contributed by atoms with Crippen molar-refractivity contribution in [3.05, 3.63) is 0 Å². The summed E-state index contributed by atoms with van der Waals surface area (Å²) in [6, 6.07) is 0. The van der Waals surface area contributed by atoms with E-state index in [0.717, 1.165) is 4.59 Å². The summed E-state index contributed by atoms with van der Waals surface area (Å²) < 4.78 is 0.869. The van der Waals surface area contributed by atoms with Gasteiger partial charge in [-0.15, -0.1) is 0 Å². The van der Waals surface area contributed by atoms with Gasteiger partial charge in [-0.3, -0.25) is 9.59 Å². The van der Waals surface area contributed by atoms with Crippen molar-refractivity contribution in [2.45, 2.75) is 83.7 Å². The van der Waals surface area contributed by atoms with Crippen molar-refractivity contribution in [3.63, 3.8) is 0 Å². The minimum atomic E-state index is -1.31. The summed E-state index contributed by atoms with van der Waals surface area (Å²) in [7, 11) is 0. The second kappa shape index (κ2) is 16.4. The molecule has 0 heterocycles. The Balaban J connectivity index is -0.000000385. The number of hydrogen-bond acceptors (Lipinski definition) is 2. The third-order valence-electron chi connectivity index (χ3n) is 3.77. The molecule has 4 nitrogen and oxygen atoms in total. The summed E-state index contributed by atoms with van der Waals surface area (Å²) in [6.07, 6.45) is 9.16. The molecule has 0 aliphatic carbocycles. The number of unbranched alkanes of at least 4 members (excludes halogenated alkanes) is 5. The van der Waals surface area contributed by atoms with E-state index in [4.69, 9.17) is 10.2 Å². The summed E-state index contributed by atoms with van der Waals surface area (Å²) in [4.78, 5) is 18.9. The summed E-state index contributed by atoms with van der Waals surface area (Å²) in [5, 5.41) is 15.4. The molecular formula is C16H32LiNaO4. The standard InChI is InChI=1S/C13H27.C3H4O4.Li.Na.H/c1-5-6-7-8-9-10-11-12-13(2,3)4;4-2(5)1-3(6)7;;;/h12H,5-11H2,1-4H3;1H2,(H,4,5)(H,6,7);;;. The average Bonchev–Trinajstić information content (AvgIpc) is 2.31. The van der Waals surface area contributed by atoms with Gasteiger partial charge in [0.2, 0.25) is 0 Å². The zero-order valence-corrected chi connectivity index (χ0v) is 14.4. The molecule has 0 fully saturated rings. The molecule has 0 aromatic carbocycles. The number of carboxylic acid groups (broad SMARTS) is 2. The second-order valence-corrected chi connectivity index (χ2v) is 6.79. The summed E-state index contributed by atoms with van der Waals surface area (Å²) in [6.45, 7) is 9.35. The van der Waals surface area contributed by atoms with Crippen molar-refractivity contribution < 1.29 is 19.8 Å². The second-order valence-electron chi connectivity index (χ2n) is 6.79. The van der Waals surface area contributed by atoms with E-state index in [-0.39, 0.29) is 29.6 Å². The van der Waals surface area contributed by atoms with Crippen LogP contribution in [0, 0.1) is 5.41 Å². The molecule has 0 aromatic rings. The van der Waals surface area contributed by atoms with E-state index in [9.17, 15) is 9.59 Å². The quantitative estimate of drug-likeness (QED) is 0.387. The molecule has 0 aromatic heterocycles. The van der Waals surface area contributed by atoms with E-state index in [1.54, 1.807) is 0 Å². The fourth-order valence-electron chi connectivity index (χ4n) is 1.79. The van der Waals surface area contributed by atoms with Crippen LogP contribution in [0.2, 0.25) is 4.59 Å². The van der Waals surface area contributed by atoms with Crippen molar-refractivity contribution in [2.75, 3.05) is 0 Å². The van der Waals surface area contributed by atoms with Crippen LogP contribution < -0.4 is 0 Å². The zero-order chi connectivity index (χ0) is 16.9. The van der Waals surface area contributed by atoms with Gasteiger partial charge in [-0.2, -0.15) is 0 Å². The van der Waals surface area contributed by atoms with Crippen molar-refractivity contribution in [1.82, 2.24) is 0 Å². The Hall–Kier alpha value is 0.537. The minimum absolute atomic E-state index is 0. The number of rotatable bonds is 9. The third-order valence-corrected chi connectivity index (χ3v) is 3.77. The molecule has 1 unspecified atom stereocenters. The Morgan fingerprint density at radius 2 is 1.36 bits per heavy atom. The van der Waals surface area contributed by atoms with Gasteiger partial charge in [0.25, 0.3) is 0 Å². The van der Waals surface area contributed by atoms with E-state index in [1.165, 1.54) is 44.9 Å². The molecule has 0 saturated heterocycles. The van der Waals surface area contributed by atoms with Crippen LogP contribution in [-0.2, 0) is 9.59 Å². The SMILES string of the molecule is O=C(O)CC(=O)O.[Li][CH](CCCCCCCC)C(C)(C)C.[NaH]. The molecule has 0 radical (unpaired) electrons. The third kappa shape index (κ3) is 22.8. The average molecular weight is 318 g/mol. The Bertz CT molecular complexity index is 278. The fraction of sp³-hybridized carbons (Fsp3) is 0.875. The monoisotopic (exact) mass is 318 g/mol. The van der Waals surface area contributed by atoms with Gasteiger partial charge in [-0.1, -0.05) is 0 Å². The number of carboxylic acids is 2. The van der Waals surface area contributed by atoms with Crippen molar-refractivity contribution >= 4 is 59.2 Å². The summed E-state index contributed by atoms with van der Waals surface area (Å²) in [5.74, 6) is -2.62. The number of aliphatic carboxylic acids is 2. The molecule has 0 aliphatic heterocycles. The van der Waals surface area contributed by atoms with E-state index < -0.39 is 18.4 Å². The van der Waals surface area contributed by atoms with Crippen molar-refractivity contribution in [2.24, 2.45) is 5.41 Å². The van der Waals surface area contributed by atoms with Crippen LogP contribution in [0.25, 0.3) is 0 Å². The van der Waals surface area contributed by atoms with Gasteiger partial charge in [-0.05, 0) is 0 Å². The van der Waals surface area contributed by atoms with Crippen LogP contribution in [-0.4, -0.2) is 69.4 Å². The van der Waals surface area contributed by atoms with Gasteiger partial charge in [0.15, 0.2) is 0 Å². The molecule has 0 amide bonds. The van der Waals surface area contributed by atoms with Crippen LogP contribution in [0.4, 0.5) is 0 Å². The first kappa shape index (κ1) is 27.4. The van der Waals surface area contributed by atoms with Gasteiger partial charge >= 0.3 is 142 Å². The molecule has 6 heteroatoms. The molecule has 2 N–H and O–H groups in total. The normalized spacial score (nSPS) is 11.7. The van der Waals surface area contributed by atoms with Crippen LogP contribution in [0.1, 0.15) is 79.1 Å². The molecule has 0 bridgehead atoms. The first-order chi connectivity index (χ1) is 9.61. The Morgan fingerprint density at radius 1 is 0.955 bits per heavy atom. The fourth-order valence-corrected chi connectivity index (χ4v) is 1.79. The predicted molar refractivity (Wildman–Crippen MR) is 94.0 cm³/mol. The predicted octanol–water partition coefficient (Wildman–Crippen LogP) is 3.64. The Labute approximate surface area is 167 Å². The van der Waals surface area contributed by atoms with Crippen molar-refractivity contribution in [3.8, 4) is 0 Å². The number of carbonyl (C=O) groups is 2. The number of hydrogen-bond donors (Lipinski definition) is 2. The molecule has 1 atom stereocenters. The van der Waals surface area contributed by atoms with E-state index in [0.29, 0.717) is 5.41 Å². The van der Waals surface area contributed by atoms with Crippen LogP contribution >= 0.6 is 0 Å². The van der Waals surface area contributed by atoms with Gasteiger partial charge in [0.05, 0.1) is 0 Å². The van der Waals surface area contributed by atoms with Crippen molar-refractivity contribution in [1.29, 1.82) is 0 Å². The molecule has 0 rings (SSSR count). The zero-order valence-electron chi connectivity index (χ0n) is 14.4. The van der Waals surface area contributed by atoms with Gasteiger partial charge in [-0.25, -0.2) is 0 Å². The summed E-state index contributed by atoms with van der Waals surface area (Å²) in [5.41, 5.74) is 0.503. The Kier molecular flexibility index (Phi) is 20.4. The maximum absolute atomic E-state index is 9.43. The van der Waals surface area contributed by atoms with Gasteiger partial charge in [0.1, 0.15) is 6.42 Å². The topological polar surface area (TPSA) is 74.6 Å². The summed E-state index contributed by atoms with van der Waals surface area (Å²) >= 11 is 2.39. The van der Waals surface area contributed by atoms with Crippen LogP contribution in [0.15, 0.2) is 0 Å². The maximum atomic E-state index is 9.43. The van der Waals surface area contributed by atoms with E-state index >= 15 is 0 Å². The molecule has 0 spiro atoms.